The highest BCUT2D eigenvalue weighted by Crippen LogP contribution is 2.47. The number of hydrogen-bond acceptors (Lipinski definition) is 2. The summed E-state index contributed by atoms with van der Waals surface area (Å²) in [6.45, 7) is 8.37. The highest BCUT2D eigenvalue weighted by Gasteiger charge is 2.48. The van der Waals surface area contributed by atoms with Gasteiger partial charge in [-0.1, -0.05) is 88.4 Å². The van der Waals surface area contributed by atoms with Crippen molar-refractivity contribution in [2.45, 2.75) is 52.6 Å². The number of benzene rings is 2. The van der Waals surface area contributed by atoms with Crippen LogP contribution in [0.15, 0.2) is 60.7 Å². The predicted octanol–water partition coefficient (Wildman–Crippen LogP) is 5.51. The standard InChI is InChI=1S/C22H28O2/c1-5-20(23)24-22(21(3,4)6-2,19-15-11-8-12-16-19)17-18-13-9-7-10-14-18/h7-16H,5-6,17H2,1-4H3. The van der Waals surface area contributed by atoms with Crippen molar-refractivity contribution in [3.8, 4) is 0 Å². The van der Waals surface area contributed by atoms with Gasteiger partial charge in [-0.3, -0.25) is 4.79 Å². The maximum Gasteiger partial charge on any atom is 0.306 e. The van der Waals surface area contributed by atoms with Crippen molar-refractivity contribution in [3.63, 3.8) is 0 Å². The molecule has 0 aliphatic heterocycles. The van der Waals surface area contributed by atoms with Crippen molar-refractivity contribution in [1.82, 2.24) is 0 Å². The normalized spacial score (nSPS) is 14.0. The predicted molar refractivity (Wildman–Crippen MR) is 98.7 cm³/mol. The van der Waals surface area contributed by atoms with Gasteiger partial charge in [0.25, 0.3) is 0 Å². The zero-order chi connectivity index (χ0) is 17.6. The molecule has 2 aromatic rings. The average Bonchev–Trinajstić information content (AvgIpc) is 2.62. The molecule has 0 aliphatic rings. The SMILES string of the molecule is CCC(=O)OC(Cc1ccccc1)(c1ccccc1)C(C)(C)CC. The van der Waals surface area contributed by atoms with Crippen LogP contribution in [0.4, 0.5) is 0 Å². The number of hydrogen-bond donors (Lipinski definition) is 0. The average molecular weight is 324 g/mol. The molecule has 0 fully saturated rings. The van der Waals surface area contributed by atoms with Gasteiger partial charge >= 0.3 is 5.97 Å². The lowest BCUT2D eigenvalue weighted by atomic mass is 9.66. The largest absolute Gasteiger partial charge is 0.453 e. The number of esters is 1. The van der Waals surface area contributed by atoms with E-state index in [1.807, 2.05) is 43.3 Å². The fourth-order valence-corrected chi connectivity index (χ4v) is 3.11. The van der Waals surface area contributed by atoms with Crippen LogP contribution < -0.4 is 0 Å². The second-order valence-electron chi connectivity index (χ2n) is 6.92. The Morgan fingerprint density at radius 2 is 1.46 bits per heavy atom. The highest BCUT2D eigenvalue weighted by atomic mass is 16.6. The number of carbonyl (C=O) groups is 1. The molecule has 2 rings (SSSR count). The van der Waals surface area contributed by atoms with E-state index < -0.39 is 5.60 Å². The van der Waals surface area contributed by atoms with Gasteiger partial charge in [0, 0.05) is 18.3 Å². The van der Waals surface area contributed by atoms with E-state index >= 15 is 0 Å². The molecule has 128 valence electrons. The molecule has 1 unspecified atom stereocenters. The minimum atomic E-state index is -0.683. The summed E-state index contributed by atoms with van der Waals surface area (Å²) in [6.07, 6.45) is 1.96. The third kappa shape index (κ3) is 3.69. The smallest absolute Gasteiger partial charge is 0.306 e. The van der Waals surface area contributed by atoms with E-state index in [1.54, 1.807) is 0 Å². The lowest BCUT2D eigenvalue weighted by Crippen LogP contribution is -2.47. The van der Waals surface area contributed by atoms with Gasteiger partial charge in [-0.05, 0) is 17.5 Å². The molecule has 0 radical (unpaired) electrons. The summed E-state index contributed by atoms with van der Waals surface area (Å²) in [7, 11) is 0. The van der Waals surface area contributed by atoms with Crippen LogP contribution in [0.2, 0.25) is 0 Å². The lowest BCUT2D eigenvalue weighted by Gasteiger charge is -2.46. The molecule has 0 saturated carbocycles. The molecule has 0 amide bonds. The van der Waals surface area contributed by atoms with E-state index in [4.69, 9.17) is 4.74 Å². The van der Waals surface area contributed by atoms with E-state index in [2.05, 4.69) is 45.0 Å². The van der Waals surface area contributed by atoms with Crippen LogP contribution in [-0.4, -0.2) is 5.97 Å². The van der Waals surface area contributed by atoms with Crippen molar-refractivity contribution >= 4 is 5.97 Å². The summed E-state index contributed by atoms with van der Waals surface area (Å²) >= 11 is 0. The summed E-state index contributed by atoms with van der Waals surface area (Å²) in [5, 5.41) is 0. The van der Waals surface area contributed by atoms with Crippen molar-refractivity contribution in [3.05, 3.63) is 71.8 Å². The Kier molecular flexibility index (Phi) is 5.82. The van der Waals surface area contributed by atoms with E-state index in [0.29, 0.717) is 12.8 Å². The van der Waals surface area contributed by atoms with Gasteiger partial charge in [-0.2, -0.15) is 0 Å². The molecule has 1 atom stereocenters. The molecular weight excluding hydrogens is 296 g/mol. The zero-order valence-corrected chi connectivity index (χ0v) is 15.2. The van der Waals surface area contributed by atoms with Crippen LogP contribution in [0.3, 0.4) is 0 Å². The number of ether oxygens (including phenoxy) is 1. The first-order chi connectivity index (χ1) is 11.4. The lowest BCUT2D eigenvalue weighted by molar-refractivity contribution is -0.178. The highest BCUT2D eigenvalue weighted by molar-refractivity contribution is 5.70. The summed E-state index contributed by atoms with van der Waals surface area (Å²) < 4.78 is 6.19. The maximum absolute atomic E-state index is 12.3. The Morgan fingerprint density at radius 1 is 0.917 bits per heavy atom. The third-order valence-electron chi connectivity index (χ3n) is 5.09. The molecule has 2 aromatic carbocycles. The van der Waals surface area contributed by atoms with Crippen LogP contribution in [0.1, 0.15) is 51.7 Å². The Hall–Kier alpha value is -2.09. The van der Waals surface area contributed by atoms with Gasteiger partial charge in [0.1, 0.15) is 5.60 Å². The summed E-state index contributed by atoms with van der Waals surface area (Å²) in [4.78, 5) is 12.3. The first-order valence-electron chi connectivity index (χ1n) is 8.76. The molecular formula is C22H28O2. The summed E-state index contributed by atoms with van der Waals surface area (Å²) in [5.74, 6) is -0.156. The fraction of sp³-hybridized carbons (Fsp3) is 0.409. The summed E-state index contributed by atoms with van der Waals surface area (Å²) in [6, 6.07) is 20.5. The van der Waals surface area contributed by atoms with Crippen LogP contribution in [-0.2, 0) is 21.6 Å². The molecule has 0 heterocycles. The Bertz CT molecular complexity index is 646. The Morgan fingerprint density at radius 3 is 1.96 bits per heavy atom. The van der Waals surface area contributed by atoms with Crippen molar-refractivity contribution in [1.29, 1.82) is 0 Å². The zero-order valence-electron chi connectivity index (χ0n) is 15.2. The van der Waals surface area contributed by atoms with E-state index in [1.165, 1.54) is 5.56 Å². The van der Waals surface area contributed by atoms with Crippen molar-refractivity contribution < 1.29 is 9.53 Å². The van der Waals surface area contributed by atoms with Gasteiger partial charge in [0.05, 0.1) is 0 Å². The Balaban J connectivity index is 2.61. The van der Waals surface area contributed by atoms with Gasteiger partial charge in [0.15, 0.2) is 0 Å². The molecule has 0 N–H and O–H groups in total. The van der Waals surface area contributed by atoms with E-state index in [0.717, 1.165) is 12.0 Å². The maximum atomic E-state index is 12.3. The first kappa shape index (κ1) is 18.3. The molecule has 0 spiro atoms. The minimum absolute atomic E-state index is 0.156. The quantitative estimate of drug-likeness (QED) is 0.627. The Labute approximate surface area is 145 Å². The van der Waals surface area contributed by atoms with Gasteiger partial charge < -0.3 is 4.74 Å². The van der Waals surface area contributed by atoms with Gasteiger partial charge in [0.2, 0.25) is 0 Å². The molecule has 0 saturated heterocycles. The van der Waals surface area contributed by atoms with Gasteiger partial charge in [-0.15, -0.1) is 0 Å². The van der Waals surface area contributed by atoms with Crippen molar-refractivity contribution in [2.75, 3.05) is 0 Å². The summed E-state index contributed by atoms with van der Waals surface area (Å²) in [5.41, 5.74) is 1.35. The second-order valence-corrected chi connectivity index (χ2v) is 6.92. The first-order valence-corrected chi connectivity index (χ1v) is 8.76. The fourth-order valence-electron chi connectivity index (χ4n) is 3.11. The number of carbonyl (C=O) groups excluding carboxylic acids is 1. The molecule has 2 nitrogen and oxygen atoms in total. The third-order valence-corrected chi connectivity index (χ3v) is 5.09. The van der Waals surface area contributed by atoms with Crippen LogP contribution in [0.5, 0.6) is 0 Å². The topological polar surface area (TPSA) is 26.3 Å². The van der Waals surface area contributed by atoms with E-state index in [9.17, 15) is 4.79 Å². The molecule has 2 heteroatoms. The van der Waals surface area contributed by atoms with Crippen LogP contribution in [0, 0.1) is 5.41 Å². The molecule has 0 aliphatic carbocycles. The van der Waals surface area contributed by atoms with Gasteiger partial charge in [-0.25, -0.2) is 0 Å². The van der Waals surface area contributed by atoms with Crippen LogP contribution in [0.25, 0.3) is 0 Å². The van der Waals surface area contributed by atoms with Crippen LogP contribution >= 0.6 is 0 Å². The monoisotopic (exact) mass is 324 g/mol. The van der Waals surface area contributed by atoms with E-state index in [-0.39, 0.29) is 11.4 Å². The van der Waals surface area contributed by atoms with Crippen molar-refractivity contribution in [2.24, 2.45) is 5.41 Å². The molecule has 0 bridgehead atoms. The number of rotatable bonds is 7. The minimum Gasteiger partial charge on any atom is -0.453 e. The molecule has 0 aromatic heterocycles. The molecule has 24 heavy (non-hydrogen) atoms. The second kappa shape index (κ2) is 7.65.